The molecule has 1 aromatic carbocycles. The van der Waals surface area contributed by atoms with Gasteiger partial charge >= 0.3 is 6.18 Å². The first-order valence-electron chi connectivity index (χ1n) is 9.76. The van der Waals surface area contributed by atoms with Crippen LogP contribution in [-0.2, 0) is 6.18 Å². The topological polar surface area (TPSA) is 58.0 Å². The highest BCUT2D eigenvalue weighted by molar-refractivity contribution is 7.99. The molecule has 29 heavy (non-hydrogen) atoms. The molecule has 0 saturated heterocycles. The maximum atomic E-state index is 13.5. The molecule has 0 bridgehead atoms. The van der Waals surface area contributed by atoms with Crippen molar-refractivity contribution in [1.29, 1.82) is 0 Å². The Bertz CT molecular complexity index is 861. The fourth-order valence-corrected chi connectivity index (χ4v) is 4.41. The summed E-state index contributed by atoms with van der Waals surface area (Å²) in [6, 6.07) is 5.90. The quantitative estimate of drug-likeness (QED) is 0.570. The van der Waals surface area contributed by atoms with Crippen LogP contribution >= 0.6 is 11.8 Å². The van der Waals surface area contributed by atoms with E-state index in [2.05, 4.69) is 22.2 Å². The van der Waals surface area contributed by atoms with Crippen LogP contribution < -0.4 is 5.32 Å². The molecule has 1 saturated carbocycles. The van der Waals surface area contributed by atoms with Gasteiger partial charge in [-0.1, -0.05) is 6.92 Å². The van der Waals surface area contributed by atoms with Gasteiger partial charge in [0.15, 0.2) is 0 Å². The van der Waals surface area contributed by atoms with E-state index < -0.39 is 17.3 Å². The summed E-state index contributed by atoms with van der Waals surface area (Å²) >= 11 is 1.73. The highest BCUT2D eigenvalue weighted by Gasteiger charge is 2.39. The van der Waals surface area contributed by atoms with Gasteiger partial charge in [-0.05, 0) is 69.0 Å². The number of nitrogens with zero attached hydrogens (tertiary/aromatic N) is 2. The van der Waals surface area contributed by atoms with Gasteiger partial charge in [0.1, 0.15) is 0 Å². The van der Waals surface area contributed by atoms with Gasteiger partial charge < -0.3 is 10.4 Å². The van der Waals surface area contributed by atoms with Crippen molar-refractivity contribution in [2.75, 3.05) is 11.1 Å². The minimum absolute atomic E-state index is 0.0151. The lowest BCUT2D eigenvalue weighted by Crippen LogP contribution is -2.30. The molecule has 3 rings (SSSR count). The lowest BCUT2D eigenvalue weighted by molar-refractivity contribution is -0.139. The van der Waals surface area contributed by atoms with E-state index in [1.807, 2.05) is 25.1 Å². The largest absolute Gasteiger partial charge is 0.419 e. The second-order valence-corrected chi connectivity index (χ2v) is 9.13. The van der Waals surface area contributed by atoms with Crippen molar-refractivity contribution in [3.8, 4) is 0 Å². The fraction of sp³-hybridized carbons (Fsp3) is 0.524. The summed E-state index contributed by atoms with van der Waals surface area (Å²) in [6.07, 6.45) is -1.80. The Kier molecular flexibility index (Phi) is 6.43. The van der Waals surface area contributed by atoms with E-state index in [1.165, 1.54) is 0 Å². The molecule has 0 aliphatic heterocycles. The van der Waals surface area contributed by atoms with Crippen molar-refractivity contribution < 1.29 is 18.3 Å². The molecule has 2 aromatic rings. The maximum Gasteiger partial charge on any atom is 0.419 e. The third-order valence-corrected chi connectivity index (χ3v) is 6.20. The van der Waals surface area contributed by atoms with E-state index >= 15 is 0 Å². The number of alkyl halides is 3. The van der Waals surface area contributed by atoms with E-state index in [0.29, 0.717) is 25.7 Å². The van der Waals surface area contributed by atoms with Crippen LogP contribution in [0.1, 0.15) is 62.3 Å². The molecule has 1 aliphatic carbocycles. The first kappa shape index (κ1) is 21.9. The average Bonchev–Trinajstić information content (AvgIpc) is 2.63. The van der Waals surface area contributed by atoms with Gasteiger partial charge in [0.25, 0.3) is 0 Å². The second-order valence-electron chi connectivity index (χ2n) is 7.80. The van der Waals surface area contributed by atoms with Gasteiger partial charge in [-0.3, -0.25) is 0 Å². The SMILES string of the molecule is CCSc1ccc(Nc2ncc(C(F)(F)F)c(C3CCC(C)(O)CC3)n2)c(C)c1. The molecule has 0 amide bonds. The minimum atomic E-state index is -4.51. The maximum absolute atomic E-state index is 13.5. The molecule has 0 spiro atoms. The highest BCUT2D eigenvalue weighted by atomic mass is 32.2. The Hall–Kier alpha value is -1.80. The van der Waals surface area contributed by atoms with Crippen molar-refractivity contribution in [2.24, 2.45) is 0 Å². The Morgan fingerprint density at radius 2 is 1.97 bits per heavy atom. The van der Waals surface area contributed by atoms with Crippen LogP contribution in [0.3, 0.4) is 0 Å². The number of nitrogens with one attached hydrogen (secondary N) is 1. The Morgan fingerprint density at radius 1 is 1.28 bits per heavy atom. The Morgan fingerprint density at radius 3 is 2.55 bits per heavy atom. The lowest BCUT2D eigenvalue weighted by Gasteiger charge is -2.33. The molecule has 158 valence electrons. The van der Waals surface area contributed by atoms with Crippen molar-refractivity contribution in [3.63, 3.8) is 0 Å². The number of aromatic nitrogens is 2. The van der Waals surface area contributed by atoms with Gasteiger partial charge in [-0.2, -0.15) is 13.2 Å². The summed E-state index contributed by atoms with van der Waals surface area (Å²) in [5.41, 5.74) is 0.144. The molecular weight excluding hydrogens is 399 g/mol. The Balaban J connectivity index is 1.89. The van der Waals surface area contributed by atoms with Crippen LogP contribution in [0.25, 0.3) is 0 Å². The normalized spacial score (nSPS) is 22.5. The molecule has 8 heteroatoms. The van der Waals surface area contributed by atoms with Gasteiger partial charge in [0.2, 0.25) is 5.95 Å². The van der Waals surface area contributed by atoms with Gasteiger partial charge in [-0.15, -0.1) is 11.8 Å². The third-order valence-electron chi connectivity index (χ3n) is 5.33. The number of anilines is 2. The molecule has 0 unspecified atom stereocenters. The van der Waals surface area contributed by atoms with Crippen molar-refractivity contribution in [3.05, 3.63) is 41.2 Å². The van der Waals surface area contributed by atoms with E-state index in [9.17, 15) is 18.3 Å². The zero-order valence-corrected chi connectivity index (χ0v) is 17.6. The van der Waals surface area contributed by atoms with E-state index in [-0.39, 0.29) is 17.6 Å². The Labute approximate surface area is 173 Å². The van der Waals surface area contributed by atoms with Crippen LogP contribution in [0.4, 0.5) is 24.8 Å². The number of benzene rings is 1. The lowest BCUT2D eigenvalue weighted by atomic mass is 9.78. The molecular formula is C21H26F3N3OS. The van der Waals surface area contributed by atoms with Crippen molar-refractivity contribution >= 4 is 23.4 Å². The predicted octanol–water partition coefficient (Wildman–Crippen LogP) is 6.07. The van der Waals surface area contributed by atoms with Crippen LogP contribution in [0, 0.1) is 6.92 Å². The van der Waals surface area contributed by atoms with Crippen LogP contribution in [0.5, 0.6) is 0 Å². The summed E-state index contributed by atoms with van der Waals surface area (Å²) in [6.45, 7) is 5.74. The van der Waals surface area contributed by atoms with Gasteiger partial charge in [-0.25, -0.2) is 9.97 Å². The number of rotatable bonds is 5. The van der Waals surface area contributed by atoms with Crippen LogP contribution in [0.2, 0.25) is 0 Å². The van der Waals surface area contributed by atoms with E-state index in [1.54, 1.807) is 18.7 Å². The number of thioether (sulfide) groups is 1. The summed E-state index contributed by atoms with van der Waals surface area (Å²) in [5, 5.41) is 13.2. The zero-order chi connectivity index (χ0) is 21.2. The smallest absolute Gasteiger partial charge is 0.390 e. The van der Waals surface area contributed by atoms with Crippen LogP contribution in [-0.4, -0.2) is 26.4 Å². The van der Waals surface area contributed by atoms with E-state index in [4.69, 9.17) is 0 Å². The van der Waals surface area contributed by atoms with Crippen LogP contribution in [0.15, 0.2) is 29.3 Å². The predicted molar refractivity (Wildman–Crippen MR) is 110 cm³/mol. The molecule has 0 atom stereocenters. The summed E-state index contributed by atoms with van der Waals surface area (Å²) in [5.74, 6) is 0.774. The van der Waals surface area contributed by atoms with E-state index in [0.717, 1.165) is 28.1 Å². The molecule has 1 fully saturated rings. The molecule has 1 aromatic heterocycles. The number of aryl methyl sites for hydroxylation is 1. The monoisotopic (exact) mass is 425 g/mol. The number of aliphatic hydroxyl groups is 1. The highest BCUT2D eigenvalue weighted by Crippen LogP contribution is 2.42. The molecule has 0 radical (unpaired) electrons. The minimum Gasteiger partial charge on any atom is -0.390 e. The van der Waals surface area contributed by atoms with Crippen molar-refractivity contribution in [2.45, 2.75) is 69.0 Å². The first-order chi connectivity index (χ1) is 13.6. The summed E-state index contributed by atoms with van der Waals surface area (Å²) in [7, 11) is 0. The first-order valence-corrected chi connectivity index (χ1v) is 10.7. The average molecular weight is 426 g/mol. The summed E-state index contributed by atoms with van der Waals surface area (Å²) in [4.78, 5) is 9.34. The number of hydrogen-bond donors (Lipinski definition) is 2. The standard InChI is InChI=1S/C21H26F3N3OS/c1-4-29-15-5-6-17(13(2)11-15)26-19-25-12-16(21(22,23)24)18(27-19)14-7-9-20(3,28)10-8-14/h5-6,11-12,14,28H,4,7-10H2,1-3H3,(H,25,26,27). The molecule has 1 aliphatic rings. The molecule has 4 nitrogen and oxygen atoms in total. The number of hydrogen-bond acceptors (Lipinski definition) is 5. The molecule has 1 heterocycles. The fourth-order valence-electron chi connectivity index (χ4n) is 3.65. The number of halogens is 3. The second kappa shape index (κ2) is 8.52. The molecule has 2 N–H and O–H groups in total. The van der Waals surface area contributed by atoms with Gasteiger partial charge in [0, 0.05) is 22.7 Å². The zero-order valence-electron chi connectivity index (χ0n) is 16.8. The summed E-state index contributed by atoms with van der Waals surface area (Å²) < 4.78 is 40.6. The van der Waals surface area contributed by atoms with Crippen molar-refractivity contribution in [1.82, 2.24) is 9.97 Å². The van der Waals surface area contributed by atoms with Gasteiger partial charge in [0.05, 0.1) is 16.9 Å². The third kappa shape index (κ3) is 5.42.